The van der Waals surface area contributed by atoms with Crippen LogP contribution >= 0.6 is 58.9 Å². The average molecular weight is 672 g/mol. The number of rotatable bonds is 12. The third-order valence-electron chi connectivity index (χ3n) is 6.93. The number of halogens is 2. The summed E-state index contributed by atoms with van der Waals surface area (Å²) in [6.45, 7) is 4.60. The molecule has 0 unspecified atom stereocenters. The molecule has 1 fully saturated rings. The van der Waals surface area contributed by atoms with Crippen LogP contribution in [-0.4, -0.2) is 71.9 Å². The number of thioether (sulfide) groups is 2. The number of nitrogens with zero attached hydrogens (tertiary/aromatic N) is 3. The molecule has 224 valence electrons. The van der Waals surface area contributed by atoms with E-state index in [-0.39, 0.29) is 27.3 Å². The molecule has 0 aromatic carbocycles. The summed E-state index contributed by atoms with van der Waals surface area (Å²) < 4.78 is 2.11. The van der Waals surface area contributed by atoms with Crippen LogP contribution in [0, 0.1) is 13.8 Å². The van der Waals surface area contributed by atoms with Gasteiger partial charge in [-0.05, 0) is 29.7 Å². The summed E-state index contributed by atoms with van der Waals surface area (Å²) in [5.41, 5.74) is 9.09. The lowest BCUT2D eigenvalue weighted by molar-refractivity contribution is -0.709. The molecule has 2 aliphatic rings. The molecule has 0 radical (unpaired) electrons. The topological polar surface area (TPSA) is 150 Å². The number of carboxylic acid groups (broad SMARTS) is 2. The van der Waals surface area contributed by atoms with Crippen LogP contribution in [0.4, 0.5) is 0 Å². The standard InChI is InChI=1S/C27H29Cl2N5O5S3/c1-13-6-17(7-14(2)33(13)5-3-4-18(30)26(36)37)41-11-16-12-42-25-22(24(35)34(25)23(16)27(38)39)32-21(40)10-15-8-19(28)31-20(29)9-15/h6-9,18,22,25H,3-5,10-12,30H2,1-2H3,(H2-,32,36,37,38,39,40)/p+1/t18-,22+,25+/m0/s1. The predicted octanol–water partition coefficient (Wildman–Crippen LogP) is 3.36. The number of carbonyl (C=O) groups is 3. The molecule has 3 atom stereocenters. The van der Waals surface area contributed by atoms with E-state index in [0.717, 1.165) is 21.8 Å². The highest BCUT2D eigenvalue weighted by Crippen LogP contribution is 2.41. The number of aromatic nitrogens is 2. The highest BCUT2D eigenvalue weighted by molar-refractivity contribution is 8.01. The largest absolute Gasteiger partial charge is 0.480 e. The lowest BCUT2D eigenvalue weighted by Crippen LogP contribution is -2.70. The predicted molar refractivity (Wildman–Crippen MR) is 167 cm³/mol. The van der Waals surface area contributed by atoms with Crippen molar-refractivity contribution in [3.63, 3.8) is 0 Å². The van der Waals surface area contributed by atoms with E-state index < -0.39 is 24.0 Å². The third kappa shape index (κ3) is 7.56. The number of fused-ring (bicyclic) bond motifs is 1. The maximum Gasteiger partial charge on any atom is 0.352 e. The Kier molecular flexibility index (Phi) is 10.8. The van der Waals surface area contributed by atoms with E-state index in [1.54, 1.807) is 12.1 Å². The Bertz CT molecular complexity index is 1430. The first kappa shape index (κ1) is 32.5. The Morgan fingerprint density at radius 1 is 1.24 bits per heavy atom. The van der Waals surface area contributed by atoms with Crippen LogP contribution in [0.2, 0.25) is 10.3 Å². The molecule has 2 aromatic rings. The van der Waals surface area contributed by atoms with Gasteiger partial charge in [-0.25, -0.2) is 14.3 Å². The van der Waals surface area contributed by atoms with Gasteiger partial charge in [-0.2, -0.15) is 0 Å². The van der Waals surface area contributed by atoms with Crippen molar-refractivity contribution < 1.29 is 29.2 Å². The zero-order valence-electron chi connectivity index (χ0n) is 22.8. The zero-order chi connectivity index (χ0) is 30.7. The van der Waals surface area contributed by atoms with Crippen LogP contribution in [0.1, 0.15) is 29.8 Å². The number of β-lactam (4-membered cyclic amide) rings is 1. The van der Waals surface area contributed by atoms with Crippen molar-refractivity contribution in [1.82, 2.24) is 15.2 Å². The molecule has 1 amide bonds. The van der Waals surface area contributed by atoms with Gasteiger partial charge in [0.05, 0.1) is 4.99 Å². The van der Waals surface area contributed by atoms with Gasteiger partial charge < -0.3 is 21.3 Å². The van der Waals surface area contributed by atoms with E-state index in [4.69, 9.17) is 46.3 Å². The first-order valence-corrected chi connectivity index (χ1v) is 16.2. The van der Waals surface area contributed by atoms with E-state index in [2.05, 4.69) is 14.9 Å². The second-order valence-electron chi connectivity index (χ2n) is 10.0. The molecule has 1 saturated heterocycles. The van der Waals surface area contributed by atoms with E-state index >= 15 is 0 Å². The second kappa shape index (κ2) is 13.9. The molecule has 4 heterocycles. The molecule has 0 spiro atoms. The molecule has 0 saturated carbocycles. The molecule has 15 heteroatoms. The van der Waals surface area contributed by atoms with Crippen molar-refractivity contribution in [1.29, 1.82) is 0 Å². The van der Waals surface area contributed by atoms with E-state index in [1.807, 2.05) is 26.0 Å². The zero-order valence-corrected chi connectivity index (χ0v) is 26.8. The quantitative estimate of drug-likeness (QED) is 0.0866. The van der Waals surface area contributed by atoms with Gasteiger partial charge in [-0.15, -0.1) is 23.5 Å². The Labute approximate surface area is 267 Å². The maximum absolute atomic E-state index is 13.1. The van der Waals surface area contributed by atoms with E-state index in [9.17, 15) is 19.5 Å². The van der Waals surface area contributed by atoms with Gasteiger partial charge in [0, 0.05) is 55.2 Å². The lowest BCUT2D eigenvalue weighted by atomic mass is 10.0. The summed E-state index contributed by atoms with van der Waals surface area (Å²) in [7, 11) is 0. The van der Waals surface area contributed by atoms with Crippen LogP contribution in [0.3, 0.4) is 0 Å². The molecular weight excluding hydrogens is 641 g/mol. The van der Waals surface area contributed by atoms with Gasteiger partial charge >= 0.3 is 11.9 Å². The van der Waals surface area contributed by atoms with Crippen molar-refractivity contribution in [3.05, 3.63) is 62.8 Å². The molecule has 42 heavy (non-hydrogen) atoms. The number of amides is 1. The highest BCUT2D eigenvalue weighted by Gasteiger charge is 2.53. The van der Waals surface area contributed by atoms with E-state index in [0.29, 0.717) is 47.9 Å². The maximum atomic E-state index is 13.1. The fraction of sp³-hybridized carbons (Fsp3) is 0.407. The smallest absolute Gasteiger partial charge is 0.352 e. The van der Waals surface area contributed by atoms with Crippen LogP contribution < -0.4 is 15.6 Å². The van der Waals surface area contributed by atoms with Gasteiger partial charge in [0.25, 0.3) is 5.91 Å². The second-order valence-corrected chi connectivity index (χ2v) is 13.4. The van der Waals surface area contributed by atoms with Gasteiger partial charge in [0.15, 0.2) is 11.4 Å². The highest BCUT2D eigenvalue weighted by atomic mass is 35.5. The number of thiocarbonyl (C=S) groups is 1. The summed E-state index contributed by atoms with van der Waals surface area (Å²) in [6.07, 6.45) is 1.33. The van der Waals surface area contributed by atoms with Crippen LogP contribution in [0.25, 0.3) is 0 Å². The summed E-state index contributed by atoms with van der Waals surface area (Å²) in [6, 6.07) is 5.83. The minimum absolute atomic E-state index is 0.0297. The number of nitrogens with one attached hydrogen (secondary N) is 1. The van der Waals surface area contributed by atoms with Crippen LogP contribution in [0.15, 0.2) is 40.4 Å². The Balaban J connectivity index is 1.39. The van der Waals surface area contributed by atoms with Crippen molar-refractivity contribution in [2.75, 3.05) is 11.5 Å². The molecule has 4 rings (SSSR count). The first-order valence-electron chi connectivity index (χ1n) is 13.0. The molecule has 2 aromatic heterocycles. The lowest BCUT2D eigenvalue weighted by Gasteiger charge is -2.49. The number of aryl methyl sites for hydroxylation is 2. The van der Waals surface area contributed by atoms with Crippen LogP contribution in [0.5, 0.6) is 0 Å². The molecular formula is C27H30Cl2N5O5S3+. The first-order chi connectivity index (χ1) is 19.8. The number of hydrogen-bond acceptors (Lipinski definition) is 8. The van der Waals surface area contributed by atoms with Gasteiger partial charge in [0.1, 0.15) is 40.0 Å². The summed E-state index contributed by atoms with van der Waals surface area (Å²) >= 11 is 20.4. The molecule has 2 aliphatic heterocycles. The third-order valence-corrected chi connectivity index (χ3v) is 9.99. The van der Waals surface area contributed by atoms with Gasteiger partial charge in [0.2, 0.25) is 0 Å². The number of nitrogens with two attached hydrogens (primary N) is 1. The molecule has 0 aliphatic carbocycles. The van der Waals surface area contributed by atoms with E-state index in [1.165, 1.54) is 28.4 Å². The van der Waals surface area contributed by atoms with Gasteiger partial charge in [-0.1, -0.05) is 35.4 Å². The number of carboxylic acids is 2. The minimum atomic E-state index is -1.14. The Morgan fingerprint density at radius 2 is 1.88 bits per heavy atom. The fourth-order valence-corrected chi connectivity index (χ4v) is 8.27. The fourth-order valence-electron chi connectivity index (χ4n) is 4.91. The van der Waals surface area contributed by atoms with Crippen molar-refractivity contribution in [2.24, 2.45) is 5.73 Å². The summed E-state index contributed by atoms with van der Waals surface area (Å²) in [5, 5.41) is 22.2. The molecule has 0 bridgehead atoms. The van der Waals surface area contributed by atoms with Crippen LogP contribution in [-0.2, 0) is 27.3 Å². The summed E-state index contributed by atoms with van der Waals surface area (Å²) in [4.78, 5) is 43.0. The number of hydrogen-bond donors (Lipinski definition) is 4. The van der Waals surface area contributed by atoms with Crippen molar-refractivity contribution in [2.45, 2.75) is 62.0 Å². The molecule has 10 nitrogen and oxygen atoms in total. The molecule has 5 N–H and O–H groups in total. The minimum Gasteiger partial charge on any atom is -0.480 e. The Morgan fingerprint density at radius 3 is 2.48 bits per heavy atom. The normalized spacial score (nSPS) is 18.8. The number of pyridine rings is 2. The van der Waals surface area contributed by atoms with Gasteiger partial charge in [-0.3, -0.25) is 14.5 Å². The van der Waals surface area contributed by atoms with Crippen molar-refractivity contribution >= 4 is 81.8 Å². The number of aliphatic carboxylic acids is 2. The van der Waals surface area contributed by atoms with Crippen molar-refractivity contribution in [3.8, 4) is 0 Å². The Hall–Kier alpha value is -2.42. The average Bonchev–Trinajstić information content (AvgIpc) is 2.90. The SMILES string of the molecule is Cc1cc(SCC2=C(C(=O)O)N3C(=O)[C@@H](NC(=S)Cc4cc(Cl)nc(Cl)c4)[C@H]3SC2)cc(C)[n+]1CCC[C@H](N)C(=O)O. The summed E-state index contributed by atoms with van der Waals surface area (Å²) in [5.74, 6) is -1.59. The number of carbonyl (C=O) groups excluding carboxylic acids is 1. The monoisotopic (exact) mass is 670 g/mol.